The van der Waals surface area contributed by atoms with E-state index in [-0.39, 0.29) is 0 Å². The molecule has 2 aromatic rings. The zero-order chi connectivity index (χ0) is 13.1. The lowest BCUT2D eigenvalue weighted by molar-refractivity contribution is 1.65. The molecule has 0 fully saturated rings. The largest absolute Gasteiger partial charge is 0.0798 e. The van der Waals surface area contributed by atoms with Crippen LogP contribution in [0.5, 0.6) is 0 Å². The van der Waals surface area contributed by atoms with Gasteiger partial charge in [-0.2, -0.15) is 0 Å². The molecule has 0 saturated heterocycles. The van der Waals surface area contributed by atoms with Crippen molar-refractivity contribution < 1.29 is 0 Å². The van der Waals surface area contributed by atoms with E-state index in [1.165, 1.54) is 11.1 Å². The highest BCUT2D eigenvalue weighted by Crippen LogP contribution is 2.16. The maximum Gasteiger partial charge on any atom is 0.0798 e. The third kappa shape index (κ3) is 2.65. The quantitative estimate of drug-likeness (QED) is 0.750. The fraction of sp³-hybridized carbons (Fsp3) is 0.250. The predicted octanol–water partition coefficient (Wildman–Crippen LogP) is 3.28. The van der Waals surface area contributed by atoms with Crippen LogP contribution in [0.4, 0.5) is 0 Å². The minimum Gasteiger partial charge on any atom is -0.0671 e. The topological polar surface area (TPSA) is 0 Å². The fourth-order valence-corrected chi connectivity index (χ4v) is 6.32. The molecule has 2 rings (SSSR count). The molecule has 18 heavy (non-hydrogen) atoms. The molecule has 0 aliphatic rings. The van der Waals surface area contributed by atoms with Crippen LogP contribution in [0.2, 0.25) is 26.2 Å². The van der Waals surface area contributed by atoms with Gasteiger partial charge in [-0.3, -0.25) is 0 Å². The van der Waals surface area contributed by atoms with E-state index in [9.17, 15) is 0 Å². The Hall–Kier alpha value is -1.13. The summed E-state index contributed by atoms with van der Waals surface area (Å²) in [6, 6.07) is 17.7. The molecule has 0 spiro atoms. The molecule has 0 saturated carbocycles. The highest BCUT2D eigenvalue weighted by Gasteiger charge is 2.16. The molecule has 0 atom stereocenters. The number of rotatable bonds is 3. The molecular formula is C16H20Si2. The second-order valence-electron chi connectivity index (χ2n) is 5.09. The fourth-order valence-electron chi connectivity index (χ4n) is 2.37. The van der Waals surface area contributed by atoms with Gasteiger partial charge < -0.3 is 0 Å². The number of benzene rings is 2. The second kappa shape index (κ2) is 5.68. The predicted molar refractivity (Wildman–Crippen MR) is 86.1 cm³/mol. The molecular weight excluding hydrogens is 248 g/mol. The van der Waals surface area contributed by atoms with Crippen LogP contribution in [-0.2, 0) is 0 Å². The highest BCUT2D eigenvalue weighted by atomic mass is 28.3. The first-order valence-corrected chi connectivity index (χ1v) is 11.4. The molecule has 92 valence electrons. The van der Waals surface area contributed by atoms with Crippen LogP contribution in [0.15, 0.2) is 48.5 Å². The summed E-state index contributed by atoms with van der Waals surface area (Å²) in [5, 5.41) is 3.27. The molecule has 0 amide bonds. The third-order valence-corrected chi connectivity index (χ3v) is 6.47. The summed E-state index contributed by atoms with van der Waals surface area (Å²) >= 11 is 0. The van der Waals surface area contributed by atoms with Gasteiger partial charge in [0.25, 0.3) is 0 Å². The van der Waals surface area contributed by atoms with Gasteiger partial charge in [0.05, 0.1) is 17.6 Å². The highest BCUT2D eigenvalue weighted by molar-refractivity contribution is 6.83. The normalized spacial score (nSPS) is 11.2. The molecule has 0 aromatic heterocycles. The van der Waals surface area contributed by atoms with Gasteiger partial charge in [0, 0.05) is 0 Å². The van der Waals surface area contributed by atoms with Crippen molar-refractivity contribution in [3.63, 3.8) is 0 Å². The summed E-state index contributed by atoms with van der Waals surface area (Å²) in [5.74, 6) is 0. The van der Waals surface area contributed by atoms with Crippen LogP contribution in [-0.4, -0.2) is 17.6 Å². The summed E-state index contributed by atoms with van der Waals surface area (Å²) in [7, 11) is -0.828. The standard InChI is InChI=1S/C16H20Si2/c1-17(2)15-12-8-11-14(16(15)18(3)4)13-9-6-5-7-10-13/h5-12H,1-4H3. The lowest BCUT2D eigenvalue weighted by atomic mass is 10.1. The molecule has 0 N–H and O–H groups in total. The number of hydrogen-bond donors (Lipinski definition) is 0. The first-order valence-electron chi connectivity index (χ1n) is 6.40. The lowest BCUT2D eigenvalue weighted by Gasteiger charge is -2.19. The van der Waals surface area contributed by atoms with Crippen LogP contribution in [0.1, 0.15) is 0 Å². The maximum absolute atomic E-state index is 2.40. The first-order chi connectivity index (χ1) is 8.61. The molecule has 0 nitrogen and oxygen atoms in total. The zero-order valence-electron chi connectivity index (χ0n) is 11.6. The molecule has 2 radical (unpaired) electrons. The number of hydrogen-bond acceptors (Lipinski definition) is 0. The van der Waals surface area contributed by atoms with Crippen molar-refractivity contribution in [2.45, 2.75) is 26.2 Å². The molecule has 0 heterocycles. The Bertz CT molecular complexity index is 516. The Labute approximate surface area is 114 Å². The average molecular weight is 269 g/mol. The first kappa shape index (κ1) is 13.3. The van der Waals surface area contributed by atoms with Gasteiger partial charge in [0.2, 0.25) is 0 Å². The van der Waals surface area contributed by atoms with Crippen LogP contribution < -0.4 is 10.4 Å². The summed E-state index contributed by atoms with van der Waals surface area (Å²) in [6.45, 7) is 9.59. The summed E-state index contributed by atoms with van der Waals surface area (Å²) in [5.41, 5.74) is 2.82. The SMILES string of the molecule is C[Si](C)c1cccc(-c2ccccc2)c1[Si](C)C. The van der Waals surface area contributed by atoms with E-state index in [0.29, 0.717) is 0 Å². The van der Waals surface area contributed by atoms with E-state index in [0.717, 1.165) is 0 Å². The van der Waals surface area contributed by atoms with Crippen molar-refractivity contribution in [2.24, 2.45) is 0 Å². The molecule has 0 aliphatic heterocycles. The minimum atomic E-state index is -0.438. The van der Waals surface area contributed by atoms with Crippen LogP contribution in [0.3, 0.4) is 0 Å². The molecule has 0 bridgehead atoms. The van der Waals surface area contributed by atoms with E-state index in [2.05, 4.69) is 74.7 Å². The van der Waals surface area contributed by atoms with E-state index in [1.807, 2.05) is 0 Å². The second-order valence-corrected chi connectivity index (χ2v) is 10.1. The monoisotopic (exact) mass is 268 g/mol. The molecule has 0 aliphatic carbocycles. The van der Waals surface area contributed by atoms with Gasteiger partial charge in [0.15, 0.2) is 0 Å². The molecule has 2 heteroatoms. The van der Waals surface area contributed by atoms with Gasteiger partial charge in [-0.25, -0.2) is 0 Å². The van der Waals surface area contributed by atoms with Gasteiger partial charge in [-0.15, -0.1) is 0 Å². The van der Waals surface area contributed by atoms with Crippen molar-refractivity contribution in [1.82, 2.24) is 0 Å². The average Bonchev–Trinajstić information content (AvgIpc) is 2.38. The van der Waals surface area contributed by atoms with Gasteiger partial charge >= 0.3 is 0 Å². The Morgan fingerprint density at radius 1 is 0.667 bits per heavy atom. The van der Waals surface area contributed by atoms with Gasteiger partial charge in [0.1, 0.15) is 0 Å². The Morgan fingerprint density at radius 3 is 1.89 bits per heavy atom. The maximum atomic E-state index is 2.40. The summed E-state index contributed by atoms with van der Waals surface area (Å²) in [4.78, 5) is 0. The van der Waals surface area contributed by atoms with Crippen molar-refractivity contribution in [2.75, 3.05) is 0 Å². The molecule has 2 aromatic carbocycles. The summed E-state index contributed by atoms with van der Waals surface area (Å²) in [6.07, 6.45) is 0. The van der Waals surface area contributed by atoms with Gasteiger partial charge in [-0.05, 0) is 11.1 Å². The smallest absolute Gasteiger partial charge is 0.0671 e. The summed E-state index contributed by atoms with van der Waals surface area (Å²) < 4.78 is 0. The van der Waals surface area contributed by atoms with Crippen LogP contribution in [0.25, 0.3) is 11.1 Å². The zero-order valence-corrected chi connectivity index (χ0v) is 13.6. The Balaban J connectivity index is 2.64. The Morgan fingerprint density at radius 2 is 1.33 bits per heavy atom. The van der Waals surface area contributed by atoms with Gasteiger partial charge in [-0.1, -0.05) is 85.1 Å². The van der Waals surface area contributed by atoms with Crippen molar-refractivity contribution in [3.05, 3.63) is 48.5 Å². The van der Waals surface area contributed by atoms with E-state index < -0.39 is 17.6 Å². The minimum absolute atomic E-state index is 0.390. The molecule has 0 unspecified atom stereocenters. The lowest BCUT2D eigenvalue weighted by Crippen LogP contribution is -2.45. The van der Waals surface area contributed by atoms with Crippen molar-refractivity contribution in [1.29, 1.82) is 0 Å². The Kier molecular flexibility index (Phi) is 4.20. The van der Waals surface area contributed by atoms with E-state index in [4.69, 9.17) is 0 Å². The van der Waals surface area contributed by atoms with Crippen LogP contribution >= 0.6 is 0 Å². The van der Waals surface area contributed by atoms with Crippen molar-refractivity contribution >= 4 is 28.0 Å². The van der Waals surface area contributed by atoms with E-state index >= 15 is 0 Å². The van der Waals surface area contributed by atoms with E-state index in [1.54, 1.807) is 10.4 Å². The van der Waals surface area contributed by atoms with Crippen LogP contribution in [0, 0.1) is 0 Å². The third-order valence-electron chi connectivity index (χ3n) is 3.19. The van der Waals surface area contributed by atoms with Crippen molar-refractivity contribution in [3.8, 4) is 11.1 Å².